The quantitative estimate of drug-likeness (QED) is 0.689. The molecule has 94 valence electrons. The Bertz CT molecular complexity index is 170. The molecule has 2 aliphatic rings. The molecule has 1 atom stereocenters. The Morgan fingerprint density at radius 1 is 1.06 bits per heavy atom. The third-order valence-corrected chi connectivity index (χ3v) is 3.86. The van der Waals surface area contributed by atoms with Crippen molar-refractivity contribution in [3.8, 4) is 0 Å². The highest BCUT2D eigenvalue weighted by atomic mass is 15.1. The Hall–Kier alpha value is -0.120. The van der Waals surface area contributed by atoms with Crippen molar-refractivity contribution in [2.45, 2.75) is 44.6 Å². The van der Waals surface area contributed by atoms with E-state index in [-0.39, 0.29) is 0 Å². The number of hydrogen-bond donors (Lipinski definition) is 2. The summed E-state index contributed by atoms with van der Waals surface area (Å²) in [6, 6.07) is 0.772. The summed E-state index contributed by atoms with van der Waals surface area (Å²) >= 11 is 0. The Morgan fingerprint density at radius 3 is 2.81 bits per heavy atom. The van der Waals surface area contributed by atoms with Crippen LogP contribution in [-0.2, 0) is 0 Å². The molecular formula is C13H27N3. The molecule has 2 heterocycles. The zero-order valence-electron chi connectivity index (χ0n) is 10.5. The number of hydrogen-bond acceptors (Lipinski definition) is 3. The smallest absolute Gasteiger partial charge is 0.00796 e. The van der Waals surface area contributed by atoms with E-state index in [9.17, 15) is 0 Å². The van der Waals surface area contributed by atoms with E-state index < -0.39 is 0 Å². The lowest BCUT2D eigenvalue weighted by atomic mass is 10.1. The average Bonchev–Trinajstić information content (AvgIpc) is 2.68. The van der Waals surface area contributed by atoms with Gasteiger partial charge in [0, 0.05) is 6.04 Å². The summed E-state index contributed by atoms with van der Waals surface area (Å²) in [5, 5.41) is 7.18. The third-order valence-electron chi connectivity index (χ3n) is 3.86. The minimum absolute atomic E-state index is 0.772. The molecule has 2 N–H and O–H groups in total. The van der Waals surface area contributed by atoms with Gasteiger partial charge in [-0.1, -0.05) is 0 Å². The summed E-state index contributed by atoms with van der Waals surface area (Å²) in [7, 11) is 0. The second-order valence-electron chi connectivity index (χ2n) is 5.23. The third kappa shape index (κ3) is 4.40. The van der Waals surface area contributed by atoms with E-state index in [1.807, 2.05) is 0 Å². The first-order valence-corrected chi connectivity index (χ1v) is 7.11. The molecule has 0 amide bonds. The molecule has 2 aliphatic heterocycles. The predicted octanol–water partition coefficient (Wildman–Crippen LogP) is 1.20. The van der Waals surface area contributed by atoms with Crippen LogP contribution in [0.25, 0.3) is 0 Å². The van der Waals surface area contributed by atoms with Crippen molar-refractivity contribution in [2.24, 2.45) is 0 Å². The Kier molecular flexibility index (Phi) is 5.59. The van der Waals surface area contributed by atoms with E-state index in [0.717, 1.165) is 6.04 Å². The molecule has 0 bridgehead atoms. The lowest BCUT2D eigenvalue weighted by molar-refractivity contribution is 0.325. The fraction of sp³-hybridized carbons (Fsp3) is 1.00. The molecule has 3 heteroatoms. The monoisotopic (exact) mass is 225 g/mol. The molecule has 2 fully saturated rings. The average molecular weight is 225 g/mol. The van der Waals surface area contributed by atoms with Crippen LogP contribution in [0, 0.1) is 0 Å². The Labute approximate surface area is 100.0 Å². The minimum atomic E-state index is 0.772. The van der Waals surface area contributed by atoms with E-state index in [1.165, 1.54) is 77.8 Å². The van der Waals surface area contributed by atoms with E-state index in [4.69, 9.17) is 0 Å². The van der Waals surface area contributed by atoms with Crippen LogP contribution in [0.3, 0.4) is 0 Å². The van der Waals surface area contributed by atoms with Crippen LogP contribution in [-0.4, -0.2) is 50.2 Å². The van der Waals surface area contributed by atoms with Crippen LogP contribution >= 0.6 is 0 Å². The van der Waals surface area contributed by atoms with Crippen LogP contribution in [0.5, 0.6) is 0 Å². The molecule has 0 radical (unpaired) electrons. The van der Waals surface area contributed by atoms with Gasteiger partial charge in [-0.25, -0.2) is 0 Å². The van der Waals surface area contributed by atoms with Crippen molar-refractivity contribution < 1.29 is 0 Å². The minimum Gasteiger partial charge on any atom is -0.317 e. The van der Waals surface area contributed by atoms with Crippen molar-refractivity contribution in [2.75, 3.05) is 39.3 Å². The van der Waals surface area contributed by atoms with Gasteiger partial charge in [0.25, 0.3) is 0 Å². The molecule has 1 unspecified atom stereocenters. The SMILES string of the molecule is C1CNCCC(NCCCN2CCCC2)C1. The second-order valence-corrected chi connectivity index (χ2v) is 5.23. The lowest BCUT2D eigenvalue weighted by Crippen LogP contribution is -2.32. The van der Waals surface area contributed by atoms with Gasteiger partial charge in [-0.15, -0.1) is 0 Å². The van der Waals surface area contributed by atoms with Crippen molar-refractivity contribution in [3.63, 3.8) is 0 Å². The highest BCUT2D eigenvalue weighted by molar-refractivity contribution is 4.73. The zero-order valence-corrected chi connectivity index (χ0v) is 10.5. The van der Waals surface area contributed by atoms with Crippen LogP contribution in [0.4, 0.5) is 0 Å². The van der Waals surface area contributed by atoms with Gasteiger partial charge in [0.05, 0.1) is 0 Å². The van der Waals surface area contributed by atoms with Gasteiger partial charge in [-0.05, 0) is 77.8 Å². The van der Waals surface area contributed by atoms with Gasteiger partial charge in [-0.2, -0.15) is 0 Å². The summed E-state index contributed by atoms with van der Waals surface area (Å²) in [4.78, 5) is 2.61. The molecule has 3 nitrogen and oxygen atoms in total. The first-order valence-electron chi connectivity index (χ1n) is 7.11. The maximum absolute atomic E-state index is 3.72. The standard InChI is InChI=1S/C13H27N3/c1-2-11-16(10-1)12-4-8-15-13-5-3-7-14-9-6-13/h13-15H,1-12H2. The maximum Gasteiger partial charge on any atom is 0.00796 e. The number of nitrogens with one attached hydrogen (secondary N) is 2. The van der Waals surface area contributed by atoms with Gasteiger partial charge >= 0.3 is 0 Å². The fourth-order valence-corrected chi connectivity index (χ4v) is 2.84. The van der Waals surface area contributed by atoms with Crippen LogP contribution in [0.1, 0.15) is 38.5 Å². The summed E-state index contributed by atoms with van der Waals surface area (Å²) in [5.41, 5.74) is 0. The summed E-state index contributed by atoms with van der Waals surface area (Å²) in [5.74, 6) is 0. The van der Waals surface area contributed by atoms with Gasteiger partial charge < -0.3 is 15.5 Å². The predicted molar refractivity (Wildman–Crippen MR) is 68.8 cm³/mol. The normalized spacial score (nSPS) is 28.1. The summed E-state index contributed by atoms with van der Waals surface area (Å²) in [6.07, 6.45) is 8.16. The van der Waals surface area contributed by atoms with E-state index >= 15 is 0 Å². The lowest BCUT2D eigenvalue weighted by Gasteiger charge is -2.18. The zero-order chi connectivity index (χ0) is 11.1. The van der Waals surface area contributed by atoms with E-state index in [2.05, 4.69) is 15.5 Å². The molecule has 2 rings (SSSR count). The topological polar surface area (TPSA) is 27.3 Å². The number of likely N-dealkylation sites (tertiary alicyclic amines) is 1. The molecule has 16 heavy (non-hydrogen) atoms. The fourth-order valence-electron chi connectivity index (χ4n) is 2.84. The number of nitrogens with zero attached hydrogens (tertiary/aromatic N) is 1. The molecule has 0 aromatic rings. The first kappa shape index (κ1) is 12.3. The van der Waals surface area contributed by atoms with Crippen LogP contribution in [0.15, 0.2) is 0 Å². The van der Waals surface area contributed by atoms with Crippen molar-refractivity contribution in [1.29, 1.82) is 0 Å². The van der Waals surface area contributed by atoms with Crippen LogP contribution < -0.4 is 10.6 Å². The van der Waals surface area contributed by atoms with Gasteiger partial charge in [0.15, 0.2) is 0 Å². The Balaban J connectivity index is 1.49. The van der Waals surface area contributed by atoms with Gasteiger partial charge in [0.1, 0.15) is 0 Å². The largest absolute Gasteiger partial charge is 0.317 e. The van der Waals surface area contributed by atoms with Crippen LogP contribution in [0.2, 0.25) is 0 Å². The van der Waals surface area contributed by atoms with Crippen molar-refractivity contribution >= 4 is 0 Å². The van der Waals surface area contributed by atoms with E-state index in [0.29, 0.717) is 0 Å². The molecule has 0 aromatic carbocycles. The Morgan fingerprint density at radius 2 is 1.94 bits per heavy atom. The number of rotatable bonds is 5. The van der Waals surface area contributed by atoms with Crippen molar-refractivity contribution in [3.05, 3.63) is 0 Å². The molecular weight excluding hydrogens is 198 g/mol. The highest BCUT2D eigenvalue weighted by Crippen LogP contribution is 2.08. The van der Waals surface area contributed by atoms with Gasteiger partial charge in [0.2, 0.25) is 0 Å². The highest BCUT2D eigenvalue weighted by Gasteiger charge is 2.12. The molecule has 2 saturated heterocycles. The molecule has 0 saturated carbocycles. The second kappa shape index (κ2) is 7.25. The molecule has 0 spiro atoms. The summed E-state index contributed by atoms with van der Waals surface area (Å²) in [6.45, 7) is 7.61. The molecule has 0 aromatic heterocycles. The van der Waals surface area contributed by atoms with E-state index in [1.54, 1.807) is 0 Å². The molecule has 0 aliphatic carbocycles. The summed E-state index contributed by atoms with van der Waals surface area (Å²) < 4.78 is 0. The van der Waals surface area contributed by atoms with Crippen molar-refractivity contribution in [1.82, 2.24) is 15.5 Å². The maximum atomic E-state index is 3.72. The first-order chi connectivity index (χ1) is 7.95. The van der Waals surface area contributed by atoms with Gasteiger partial charge in [-0.3, -0.25) is 0 Å².